The van der Waals surface area contributed by atoms with E-state index in [4.69, 9.17) is 0 Å². The molecule has 3 aliphatic heterocycles. The molecule has 2 aliphatic carbocycles. The van der Waals surface area contributed by atoms with Crippen molar-refractivity contribution in [3.8, 4) is 0 Å². The first kappa shape index (κ1) is 17.2. The molecule has 5 aliphatic rings. The Hall–Kier alpha value is -0.241. The number of hydrogen-bond donors (Lipinski definition) is 0. The Kier molecular flexibility index (Phi) is 3.85. The number of allylic oxidation sites excluding steroid dienone is 3. The van der Waals surface area contributed by atoms with Crippen LogP contribution in [0.25, 0.3) is 0 Å². The van der Waals surface area contributed by atoms with Crippen molar-refractivity contribution < 1.29 is 0 Å². The third-order valence-electron chi connectivity index (χ3n) is 7.23. The predicted octanol–water partition coefficient (Wildman–Crippen LogP) is 6.38. The van der Waals surface area contributed by atoms with Crippen molar-refractivity contribution in [1.29, 1.82) is 0 Å². The molecule has 5 rings (SSSR count). The van der Waals surface area contributed by atoms with Gasteiger partial charge in [-0.15, -0.1) is 5.73 Å². The van der Waals surface area contributed by atoms with Crippen LogP contribution in [0.5, 0.6) is 0 Å². The zero-order valence-electron chi connectivity index (χ0n) is 16.7. The topological polar surface area (TPSA) is 0 Å². The summed E-state index contributed by atoms with van der Waals surface area (Å²) in [4.78, 5) is 0. The second kappa shape index (κ2) is 5.38. The van der Waals surface area contributed by atoms with Crippen molar-refractivity contribution >= 4 is 22.9 Å². The predicted molar refractivity (Wildman–Crippen MR) is 113 cm³/mol. The first-order valence-electron chi connectivity index (χ1n) is 10.3. The summed E-state index contributed by atoms with van der Waals surface area (Å²) >= 11 is 0. The molecular formula is C21H35BSi2. The number of rotatable bonds is 2. The van der Waals surface area contributed by atoms with Crippen LogP contribution in [0.3, 0.4) is 0 Å². The Morgan fingerprint density at radius 2 is 1.58 bits per heavy atom. The Labute approximate surface area is 152 Å². The molecule has 0 radical (unpaired) electrons. The minimum Gasteiger partial charge on any atom is -0.136 e. The summed E-state index contributed by atoms with van der Waals surface area (Å²) in [6.45, 7) is 15.9. The van der Waals surface area contributed by atoms with Gasteiger partial charge in [-0.05, 0) is 60.6 Å². The molecule has 2 unspecified atom stereocenters. The van der Waals surface area contributed by atoms with E-state index in [1.807, 2.05) is 5.20 Å². The molecule has 3 heteroatoms. The first-order chi connectivity index (χ1) is 11.1. The average Bonchev–Trinajstić information content (AvgIpc) is 2.57. The fourth-order valence-corrected chi connectivity index (χ4v) is 9.88. The molecule has 2 saturated carbocycles. The molecule has 1 spiro atoms. The van der Waals surface area contributed by atoms with Crippen LogP contribution in [0, 0.1) is 17.8 Å². The van der Waals surface area contributed by atoms with Gasteiger partial charge in [0, 0.05) is 0 Å². The molecule has 0 nitrogen and oxygen atoms in total. The molecule has 0 aromatic heterocycles. The quantitative estimate of drug-likeness (QED) is 0.399. The summed E-state index contributed by atoms with van der Waals surface area (Å²) in [7, 11) is -2.45. The molecule has 0 amide bonds. The SMILES string of the molecule is C[Si](C)(C)C=C=C1C=C([Si](C)(C)C)C23CC4CC(CB12)CC(C4)C3. The molecule has 2 saturated heterocycles. The van der Waals surface area contributed by atoms with E-state index in [1.54, 1.807) is 24.7 Å². The lowest BCUT2D eigenvalue weighted by Crippen LogP contribution is -2.42. The van der Waals surface area contributed by atoms with Gasteiger partial charge in [-0.25, -0.2) is 0 Å². The monoisotopic (exact) mass is 354 g/mol. The Bertz CT molecular complexity index is 626. The smallest absolute Gasteiger partial charge is 0.136 e. The van der Waals surface area contributed by atoms with Crippen LogP contribution >= 0.6 is 0 Å². The zero-order chi connectivity index (χ0) is 17.3. The van der Waals surface area contributed by atoms with Crippen LogP contribution in [0.1, 0.15) is 32.1 Å². The van der Waals surface area contributed by atoms with E-state index in [9.17, 15) is 0 Å². The third-order valence-corrected chi connectivity index (χ3v) is 10.5. The maximum Gasteiger partial charge on any atom is 0.196 e. The standard InChI is InChI=1S/C21H35BSi2/c1-23(2,3)8-7-19-12-20(24(4,5)6)21-13-16-9-17(14-21)11-18(10-16)15-22(19)21/h8,12,16-18H,9-11,13-15H2,1-6H3. The normalized spacial score (nSPS) is 37.9. The molecule has 3 heterocycles. The van der Waals surface area contributed by atoms with Crippen LogP contribution < -0.4 is 0 Å². The van der Waals surface area contributed by atoms with E-state index < -0.39 is 16.1 Å². The van der Waals surface area contributed by atoms with Crippen LogP contribution in [0.15, 0.2) is 28.2 Å². The minimum atomic E-state index is -1.27. The minimum absolute atomic E-state index is 0.554. The van der Waals surface area contributed by atoms with Gasteiger partial charge in [0.05, 0.1) is 16.1 Å². The summed E-state index contributed by atoms with van der Waals surface area (Å²) in [5.41, 5.74) is 7.98. The third kappa shape index (κ3) is 2.81. The zero-order valence-corrected chi connectivity index (χ0v) is 18.7. The summed E-state index contributed by atoms with van der Waals surface area (Å²) in [5.74, 6) is 3.08. The van der Waals surface area contributed by atoms with Gasteiger partial charge >= 0.3 is 0 Å². The molecule has 0 N–H and O–H groups in total. The van der Waals surface area contributed by atoms with Crippen LogP contribution in [0.4, 0.5) is 0 Å². The highest BCUT2D eigenvalue weighted by Gasteiger charge is 2.60. The van der Waals surface area contributed by atoms with Gasteiger partial charge in [0.15, 0.2) is 6.71 Å². The van der Waals surface area contributed by atoms with Crippen molar-refractivity contribution in [3.63, 3.8) is 0 Å². The Morgan fingerprint density at radius 3 is 2.12 bits per heavy atom. The summed E-state index contributed by atoms with van der Waals surface area (Å²) in [5, 5.41) is 2.47. The Morgan fingerprint density at radius 1 is 1.00 bits per heavy atom. The van der Waals surface area contributed by atoms with Crippen molar-refractivity contribution in [1.82, 2.24) is 0 Å². The lowest BCUT2D eigenvalue weighted by atomic mass is 9.29. The average molecular weight is 354 g/mol. The molecule has 130 valence electrons. The maximum atomic E-state index is 3.89. The van der Waals surface area contributed by atoms with E-state index in [1.165, 1.54) is 19.2 Å². The maximum absolute atomic E-state index is 3.89. The lowest BCUT2D eigenvalue weighted by molar-refractivity contribution is 0.138. The highest BCUT2D eigenvalue weighted by molar-refractivity contribution is 6.88. The van der Waals surface area contributed by atoms with Gasteiger partial charge in [0.25, 0.3) is 0 Å². The Balaban J connectivity index is 1.86. The van der Waals surface area contributed by atoms with E-state index in [2.05, 4.69) is 56.8 Å². The second-order valence-electron chi connectivity index (χ2n) is 11.6. The van der Waals surface area contributed by atoms with E-state index in [0.717, 1.165) is 24.5 Å². The van der Waals surface area contributed by atoms with Crippen LogP contribution in [-0.4, -0.2) is 22.9 Å². The fourth-order valence-electron chi connectivity index (χ4n) is 6.82. The van der Waals surface area contributed by atoms with Gasteiger partial charge in [0.1, 0.15) is 0 Å². The van der Waals surface area contributed by atoms with Gasteiger partial charge in [-0.1, -0.05) is 62.6 Å². The van der Waals surface area contributed by atoms with Crippen molar-refractivity contribution in [2.75, 3.05) is 0 Å². The summed E-state index contributed by atoms with van der Waals surface area (Å²) in [6.07, 6.45) is 11.8. The largest absolute Gasteiger partial charge is 0.196 e. The summed E-state index contributed by atoms with van der Waals surface area (Å²) in [6, 6.07) is 0. The van der Waals surface area contributed by atoms with Gasteiger partial charge in [0.2, 0.25) is 0 Å². The van der Waals surface area contributed by atoms with Crippen molar-refractivity contribution in [2.24, 2.45) is 17.8 Å². The van der Waals surface area contributed by atoms with Crippen molar-refractivity contribution in [3.05, 3.63) is 28.2 Å². The van der Waals surface area contributed by atoms with Gasteiger partial charge < -0.3 is 0 Å². The molecule has 0 aromatic rings. The second-order valence-corrected chi connectivity index (χ2v) is 21.6. The van der Waals surface area contributed by atoms with Crippen LogP contribution in [0.2, 0.25) is 50.9 Å². The first-order valence-corrected chi connectivity index (χ1v) is 17.3. The molecular weight excluding hydrogens is 319 g/mol. The molecule has 2 atom stereocenters. The highest BCUT2D eigenvalue weighted by atomic mass is 28.3. The van der Waals surface area contributed by atoms with E-state index in [-0.39, 0.29) is 0 Å². The van der Waals surface area contributed by atoms with E-state index >= 15 is 0 Å². The van der Waals surface area contributed by atoms with Crippen molar-refractivity contribution in [2.45, 2.75) is 83.0 Å². The van der Waals surface area contributed by atoms with Crippen LogP contribution in [-0.2, 0) is 0 Å². The lowest BCUT2D eigenvalue weighted by Gasteiger charge is -2.49. The molecule has 4 bridgehead atoms. The molecule has 4 fully saturated rings. The van der Waals surface area contributed by atoms with Gasteiger partial charge in [-0.2, -0.15) is 0 Å². The summed E-state index contributed by atoms with van der Waals surface area (Å²) < 4.78 is 0. The molecule has 0 aromatic carbocycles. The highest BCUT2D eigenvalue weighted by Crippen LogP contribution is 2.68. The van der Waals surface area contributed by atoms with Gasteiger partial charge in [-0.3, -0.25) is 0 Å². The molecule has 24 heavy (non-hydrogen) atoms. The number of hydrogen-bond acceptors (Lipinski definition) is 0. The fraction of sp³-hybridized carbons (Fsp3) is 0.762. The van der Waals surface area contributed by atoms with E-state index in [0.29, 0.717) is 5.31 Å².